The highest BCUT2D eigenvalue weighted by molar-refractivity contribution is 9.13. The average Bonchev–Trinajstić information content (AvgIpc) is 3.23. The topological polar surface area (TPSA) is 77.8 Å². The Hall–Kier alpha value is -0.845. The molecular formula is C24H30BBr2O4S. The fourth-order valence-corrected chi connectivity index (χ4v) is 6.18. The van der Waals surface area contributed by atoms with Crippen molar-refractivity contribution < 1.29 is 20.1 Å². The molecule has 0 saturated heterocycles. The maximum atomic E-state index is 10.7. The number of carboxylic acids is 1. The Bertz CT molecular complexity index is 838. The van der Waals surface area contributed by atoms with Crippen molar-refractivity contribution in [1.82, 2.24) is 0 Å². The van der Waals surface area contributed by atoms with E-state index < -0.39 is 18.2 Å². The van der Waals surface area contributed by atoms with Crippen LogP contribution in [0.4, 0.5) is 0 Å². The van der Waals surface area contributed by atoms with Crippen molar-refractivity contribution in [1.29, 1.82) is 0 Å². The molecule has 1 heterocycles. The molecule has 3 N–H and O–H groups in total. The van der Waals surface area contributed by atoms with Gasteiger partial charge in [-0.2, -0.15) is 5.82 Å². The van der Waals surface area contributed by atoms with Gasteiger partial charge in [0.2, 0.25) is 7.28 Å². The summed E-state index contributed by atoms with van der Waals surface area (Å²) in [6, 6.07) is 2.07. The van der Waals surface area contributed by atoms with Crippen molar-refractivity contribution in [2.24, 2.45) is 17.8 Å². The molecular weight excluding hydrogens is 555 g/mol. The molecule has 5 atom stereocenters. The molecule has 0 amide bonds. The Labute approximate surface area is 212 Å². The summed E-state index contributed by atoms with van der Waals surface area (Å²) in [4.78, 5) is 11.8. The Kier molecular flexibility index (Phi) is 12.4. The molecule has 0 aliphatic heterocycles. The van der Waals surface area contributed by atoms with Crippen molar-refractivity contribution in [2.45, 2.75) is 64.0 Å². The number of rotatable bonds is 11. The van der Waals surface area contributed by atoms with E-state index in [-0.39, 0.29) is 24.2 Å². The lowest BCUT2D eigenvalue weighted by atomic mass is 9.81. The first-order valence-corrected chi connectivity index (χ1v) is 13.4. The van der Waals surface area contributed by atoms with Crippen LogP contribution in [0.15, 0.2) is 38.6 Å². The second kappa shape index (κ2) is 14.4. The second-order valence-corrected chi connectivity index (χ2v) is 11.4. The molecule has 32 heavy (non-hydrogen) atoms. The highest BCUT2D eigenvalue weighted by Crippen LogP contribution is 2.40. The number of aliphatic hydroxyl groups is 2. The van der Waals surface area contributed by atoms with Crippen LogP contribution in [0.5, 0.6) is 0 Å². The van der Waals surface area contributed by atoms with Crippen LogP contribution in [0, 0.1) is 29.5 Å². The number of thiophene rings is 1. The molecule has 8 heteroatoms. The predicted molar refractivity (Wildman–Crippen MR) is 139 cm³/mol. The molecule has 1 aromatic heterocycles. The number of hydrogen-bond acceptors (Lipinski definition) is 4. The summed E-state index contributed by atoms with van der Waals surface area (Å²) in [6.07, 6.45) is 11.2. The standard InChI is InChI=1S/C24H30BBr2O4S/c1-25-13-12-16-14-22(29)20(6-4-2-3-5-7-23(30)31)19(16)11-9-17(28)8-10-18-15-21(26)24(27)32-18/h2,4,9,11,15-17,19-20,22,28-29H,3,5-8,10,14H2,1H3,(H,30,31)/b4-2-,11-9+/t16-,17+,19+,20-,22?/m1/s1. The van der Waals surface area contributed by atoms with Gasteiger partial charge in [0.15, 0.2) is 0 Å². The monoisotopic (exact) mass is 583 g/mol. The number of aliphatic carboxylic acids is 1. The largest absolute Gasteiger partial charge is 0.481 e. The number of aryl methyl sites for hydroxylation is 1. The van der Waals surface area contributed by atoms with Crippen molar-refractivity contribution in [3.63, 3.8) is 0 Å². The van der Waals surface area contributed by atoms with Gasteiger partial charge >= 0.3 is 5.97 Å². The van der Waals surface area contributed by atoms with E-state index in [2.05, 4.69) is 49.7 Å². The SMILES string of the molecule is C[B]C#C[C@@H]1CC(O)[C@H](C/C=C\CCCC(=O)O)[C@H]1/C=C/[C@@H](O)CCc1cc(Br)c(Br)s1. The molecule has 173 valence electrons. The fraction of sp³-hybridized carbons (Fsp3) is 0.542. The Morgan fingerprint density at radius 1 is 1.41 bits per heavy atom. The number of hydrogen-bond donors (Lipinski definition) is 3. The van der Waals surface area contributed by atoms with Crippen LogP contribution in [0.25, 0.3) is 0 Å². The summed E-state index contributed by atoms with van der Waals surface area (Å²) in [6.45, 7) is 1.89. The quantitative estimate of drug-likeness (QED) is 0.136. The molecule has 1 fully saturated rings. The van der Waals surface area contributed by atoms with E-state index in [0.29, 0.717) is 25.7 Å². The van der Waals surface area contributed by atoms with Crippen molar-refractivity contribution >= 4 is 56.4 Å². The molecule has 1 unspecified atom stereocenters. The first-order valence-electron chi connectivity index (χ1n) is 11.0. The van der Waals surface area contributed by atoms with Crippen LogP contribution in [0.1, 0.15) is 43.4 Å². The summed E-state index contributed by atoms with van der Waals surface area (Å²) in [5.41, 5.74) is 0. The maximum Gasteiger partial charge on any atom is 0.303 e. The zero-order chi connectivity index (χ0) is 23.5. The lowest BCUT2D eigenvalue weighted by molar-refractivity contribution is -0.137. The van der Waals surface area contributed by atoms with Gasteiger partial charge in [0.25, 0.3) is 0 Å². The smallest absolute Gasteiger partial charge is 0.303 e. The summed E-state index contributed by atoms with van der Waals surface area (Å²) in [5, 5.41) is 29.9. The van der Waals surface area contributed by atoms with Crippen molar-refractivity contribution in [2.75, 3.05) is 0 Å². The maximum absolute atomic E-state index is 10.7. The van der Waals surface area contributed by atoms with Gasteiger partial charge in [-0.15, -0.1) is 17.3 Å². The molecule has 1 radical (unpaired) electrons. The predicted octanol–water partition coefficient (Wildman–Crippen LogP) is 5.65. The van der Waals surface area contributed by atoms with Crippen molar-refractivity contribution in [3.8, 4) is 11.7 Å². The van der Waals surface area contributed by atoms with Crippen LogP contribution in [0.3, 0.4) is 0 Å². The third-order valence-corrected chi connectivity index (χ3v) is 8.95. The number of unbranched alkanes of at least 4 members (excludes halogenated alkanes) is 1. The highest BCUT2D eigenvalue weighted by Gasteiger charge is 2.39. The number of halogens is 2. The number of allylic oxidation sites excluding steroid dienone is 3. The van der Waals surface area contributed by atoms with E-state index in [0.717, 1.165) is 21.1 Å². The van der Waals surface area contributed by atoms with E-state index in [1.54, 1.807) is 11.3 Å². The van der Waals surface area contributed by atoms with Gasteiger partial charge in [0.05, 0.1) is 16.0 Å². The van der Waals surface area contributed by atoms with E-state index in [1.807, 2.05) is 38.4 Å². The molecule has 1 aromatic rings. The summed E-state index contributed by atoms with van der Waals surface area (Å²) in [7, 11) is 1.81. The van der Waals surface area contributed by atoms with Gasteiger partial charge in [-0.05, 0) is 88.3 Å². The van der Waals surface area contributed by atoms with Crippen LogP contribution in [-0.4, -0.2) is 40.8 Å². The molecule has 1 saturated carbocycles. The summed E-state index contributed by atoms with van der Waals surface area (Å²) in [5.74, 6) is 5.68. The van der Waals surface area contributed by atoms with Gasteiger partial charge in [-0.1, -0.05) is 31.1 Å². The van der Waals surface area contributed by atoms with E-state index in [9.17, 15) is 15.0 Å². The van der Waals surface area contributed by atoms with Gasteiger partial charge < -0.3 is 15.3 Å². The zero-order valence-corrected chi connectivity index (χ0v) is 22.2. The van der Waals surface area contributed by atoms with Crippen LogP contribution in [0.2, 0.25) is 6.82 Å². The van der Waals surface area contributed by atoms with Crippen LogP contribution >= 0.6 is 43.2 Å². The Morgan fingerprint density at radius 3 is 2.84 bits per heavy atom. The Balaban J connectivity index is 1.97. The molecule has 1 aliphatic rings. The van der Waals surface area contributed by atoms with E-state index in [4.69, 9.17) is 5.11 Å². The first kappa shape index (κ1) is 27.4. The summed E-state index contributed by atoms with van der Waals surface area (Å²) >= 11 is 8.66. The normalized spacial score (nSPS) is 24.0. The third-order valence-electron chi connectivity index (χ3n) is 5.64. The molecule has 1 aliphatic carbocycles. The van der Waals surface area contributed by atoms with Gasteiger partial charge in [-0.3, -0.25) is 4.79 Å². The first-order chi connectivity index (χ1) is 15.3. The number of aliphatic hydroxyl groups excluding tert-OH is 2. The second-order valence-electron chi connectivity index (χ2n) is 8.05. The molecule has 2 rings (SSSR count). The zero-order valence-electron chi connectivity index (χ0n) is 18.2. The van der Waals surface area contributed by atoms with Crippen LogP contribution < -0.4 is 0 Å². The van der Waals surface area contributed by atoms with E-state index >= 15 is 0 Å². The average molecular weight is 585 g/mol. The third kappa shape index (κ3) is 9.19. The van der Waals surface area contributed by atoms with Gasteiger partial charge in [0, 0.05) is 21.7 Å². The van der Waals surface area contributed by atoms with Crippen molar-refractivity contribution in [3.05, 3.63) is 43.5 Å². The minimum absolute atomic E-state index is 0.0366. The van der Waals surface area contributed by atoms with Gasteiger partial charge in [-0.25, -0.2) is 0 Å². The minimum Gasteiger partial charge on any atom is -0.481 e. The number of carboxylic acid groups (broad SMARTS) is 1. The molecule has 4 nitrogen and oxygen atoms in total. The molecule has 0 aromatic carbocycles. The fourth-order valence-electron chi connectivity index (χ4n) is 3.98. The number of carbonyl (C=O) groups is 1. The highest BCUT2D eigenvalue weighted by atomic mass is 79.9. The minimum atomic E-state index is -0.776. The Morgan fingerprint density at radius 2 is 2.19 bits per heavy atom. The van der Waals surface area contributed by atoms with Gasteiger partial charge in [0.1, 0.15) is 0 Å². The molecule has 0 bridgehead atoms. The lowest BCUT2D eigenvalue weighted by Gasteiger charge is -2.20. The summed E-state index contributed by atoms with van der Waals surface area (Å²) < 4.78 is 2.10. The molecule has 0 spiro atoms. The lowest BCUT2D eigenvalue weighted by Crippen LogP contribution is -2.19. The van der Waals surface area contributed by atoms with E-state index in [1.165, 1.54) is 4.88 Å². The van der Waals surface area contributed by atoms with Crippen LogP contribution in [-0.2, 0) is 11.2 Å².